The van der Waals surface area contributed by atoms with Gasteiger partial charge < -0.3 is 9.84 Å². The molecule has 4 atom stereocenters. The van der Waals surface area contributed by atoms with Crippen molar-refractivity contribution in [3.63, 3.8) is 0 Å². The maximum Gasteiger partial charge on any atom is 0.334 e. The summed E-state index contributed by atoms with van der Waals surface area (Å²) in [6.07, 6.45) is 5.31. The molecular weight excluding hydrogens is 228 g/mol. The lowest BCUT2D eigenvalue weighted by atomic mass is 9.54. The zero-order chi connectivity index (χ0) is 13.1. The van der Waals surface area contributed by atoms with Crippen LogP contribution in [0.3, 0.4) is 0 Å². The molecule has 3 heteroatoms. The van der Waals surface area contributed by atoms with E-state index in [-0.39, 0.29) is 23.4 Å². The molecule has 0 aromatic heterocycles. The van der Waals surface area contributed by atoms with Gasteiger partial charge in [0.1, 0.15) is 6.10 Å². The first-order chi connectivity index (χ1) is 8.37. The van der Waals surface area contributed by atoms with Crippen LogP contribution in [0.4, 0.5) is 0 Å². The van der Waals surface area contributed by atoms with Gasteiger partial charge in [-0.05, 0) is 38.2 Å². The van der Waals surface area contributed by atoms with Gasteiger partial charge in [0.05, 0.1) is 5.60 Å². The summed E-state index contributed by atoms with van der Waals surface area (Å²) in [5.74, 6) is -0.297. The Morgan fingerprint density at radius 3 is 2.94 bits per heavy atom. The molecule has 1 N–H and O–H groups in total. The van der Waals surface area contributed by atoms with Crippen molar-refractivity contribution in [2.24, 2.45) is 11.3 Å². The monoisotopic (exact) mass is 248 g/mol. The van der Waals surface area contributed by atoms with E-state index in [4.69, 9.17) is 4.74 Å². The number of allylic oxidation sites excluding steroid dienone is 1. The van der Waals surface area contributed by atoms with Gasteiger partial charge in [-0.3, -0.25) is 0 Å². The number of fused-ring (bicyclic) bond motifs is 2. The number of rotatable bonds is 0. The third kappa shape index (κ3) is 1.31. The molecule has 18 heavy (non-hydrogen) atoms. The van der Waals surface area contributed by atoms with E-state index in [0.717, 1.165) is 24.8 Å². The summed E-state index contributed by atoms with van der Waals surface area (Å²) in [4.78, 5) is 11.6. The zero-order valence-corrected chi connectivity index (χ0v) is 11.0. The molecule has 3 rings (SSSR count). The van der Waals surface area contributed by atoms with Crippen molar-refractivity contribution in [2.75, 3.05) is 0 Å². The van der Waals surface area contributed by atoms with Crippen molar-refractivity contribution in [1.82, 2.24) is 0 Å². The number of hydrogen-bond donors (Lipinski definition) is 1. The summed E-state index contributed by atoms with van der Waals surface area (Å²) in [5.41, 5.74) is 0.594. The van der Waals surface area contributed by atoms with Crippen LogP contribution in [0, 0.1) is 11.3 Å². The quantitative estimate of drug-likeness (QED) is 0.406. The summed E-state index contributed by atoms with van der Waals surface area (Å²) >= 11 is 0. The van der Waals surface area contributed by atoms with Gasteiger partial charge in [-0.15, -0.1) is 0 Å². The Labute approximate surface area is 108 Å². The predicted molar refractivity (Wildman–Crippen MR) is 67.8 cm³/mol. The van der Waals surface area contributed by atoms with Crippen molar-refractivity contribution in [3.05, 3.63) is 23.8 Å². The van der Waals surface area contributed by atoms with Crippen molar-refractivity contribution < 1.29 is 14.6 Å². The van der Waals surface area contributed by atoms with E-state index in [1.165, 1.54) is 0 Å². The van der Waals surface area contributed by atoms with E-state index in [0.29, 0.717) is 12.0 Å². The van der Waals surface area contributed by atoms with Crippen LogP contribution in [-0.2, 0) is 9.53 Å². The minimum atomic E-state index is -0.802. The van der Waals surface area contributed by atoms with Crippen LogP contribution in [0.25, 0.3) is 0 Å². The lowest BCUT2D eigenvalue weighted by Crippen LogP contribution is -2.56. The Bertz CT molecular complexity index is 464. The van der Waals surface area contributed by atoms with Crippen molar-refractivity contribution >= 4 is 5.97 Å². The Hall–Kier alpha value is -1.09. The molecule has 0 spiro atoms. The number of carbonyl (C=O) groups is 1. The standard InChI is InChI=1S/C15H20O3/c1-9-5-4-6-14(3)8-12-11(7-15(9,14)17)10(2)13(16)18-12/h5,11-12,17H,2,4,6-8H2,1,3H3. The second-order valence-electron chi connectivity index (χ2n) is 6.33. The first-order valence-corrected chi connectivity index (χ1v) is 6.67. The van der Waals surface area contributed by atoms with Gasteiger partial charge in [0, 0.05) is 16.9 Å². The maximum absolute atomic E-state index is 11.6. The van der Waals surface area contributed by atoms with Crippen LogP contribution in [0.5, 0.6) is 0 Å². The Balaban J connectivity index is 2.02. The first kappa shape index (κ1) is 12.0. The molecular formula is C15H20O3. The fraction of sp³-hybridized carbons (Fsp3) is 0.667. The number of esters is 1. The molecule has 4 unspecified atom stereocenters. The molecule has 0 aromatic rings. The topological polar surface area (TPSA) is 46.5 Å². The summed E-state index contributed by atoms with van der Waals surface area (Å²) in [7, 11) is 0. The Kier molecular flexibility index (Phi) is 2.31. The SMILES string of the molecule is C=C1C(=O)OC2CC3(C)CCC=C(C)C3(O)CC12. The highest BCUT2D eigenvalue weighted by molar-refractivity contribution is 5.91. The van der Waals surface area contributed by atoms with E-state index >= 15 is 0 Å². The number of carbonyl (C=O) groups excluding carboxylic acids is 1. The van der Waals surface area contributed by atoms with E-state index in [9.17, 15) is 9.90 Å². The van der Waals surface area contributed by atoms with Crippen LogP contribution < -0.4 is 0 Å². The van der Waals surface area contributed by atoms with E-state index < -0.39 is 5.60 Å². The van der Waals surface area contributed by atoms with Crippen LogP contribution in [0.15, 0.2) is 23.8 Å². The minimum Gasteiger partial charge on any atom is -0.458 e. The van der Waals surface area contributed by atoms with Gasteiger partial charge in [0.2, 0.25) is 0 Å². The van der Waals surface area contributed by atoms with E-state index in [1.54, 1.807) is 0 Å². The molecule has 98 valence electrons. The molecule has 1 heterocycles. The predicted octanol–water partition coefficient (Wildman–Crippen LogP) is 2.36. The Morgan fingerprint density at radius 1 is 1.50 bits per heavy atom. The van der Waals surface area contributed by atoms with Gasteiger partial charge in [-0.1, -0.05) is 19.6 Å². The van der Waals surface area contributed by atoms with Crippen molar-refractivity contribution in [3.8, 4) is 0 Å². The van der Waals surface area contributed by atoms with Crippen LogP contribution >= 0.6 is 0 Å². The maximum atomic E-state index is 11.6. The summed E-state index contributed by atoms with van der Waals surface area (Å²) < 4.78 is 5.40. The average Bonchev–Trinajstić information content (AvgIpc) is 2.55. The first-order valence-electron chi connectivity index (χ1n) is 6.67. The zero-order valence-electron chi connectivity index (χ0n) is 11.0. The number of hydrogen-bond acceptors (Lipinski definition) is 3. The summed E-state index contributed by atoms with van der Waals surface area (Å²) in [5, 5.41) is 11.1. The third-order valence-corrected chi connectivity index (χ3v) is 5.38. The van der Waals surface area contributed by atoms with Gasteiger partial charge >= 0.3 is 5.97 Å². The van der Waals surface area contributed by atoms with E-state index in [1.807, 2.05) is 6.92 Å². The lowest BCUT2D eigenvalue weighted by molar-refractivity contribution is -0.153. The van der Waals surface area contributed by atoms with Gasteiger partial charge in [0.25, 0.3) is 0 Å². The van der Waals surface area contributed by atoms with Gasteiger partial charge in [-0.2, -0.15) is 0 Å². The van der Waals surface area contributed by atoms with Gasteiger partial charge in [-0.25, -0.2) is 4.79 Å². The molecule has 1 saturated heterocycles. The Morgan fingerprint density at radius 2 is 2.22 bits per heavy atom. The molecule has 1 saturated carbocycles. The minimum absolute atomic E-state index is 0.0166. The lowest BCUT2D eigenvalue weighted by Gasteiger charge is -2.54. The summed E-state index contributed by atoms with van der Waals surface area (Å²) in [6, 6.07) is 0. The molecule has 0 radical (unpaired) electrons. The van der Waals surface area contributed by atoms with Crippen LogP contribution in [0.1, 0.15) is 39.5 Å². The molecule has 0 amide bonds. The molecule has 3 aliphatic rings. The van der Waals surface area contributed by atoms with E-state index in [2.05, 4.69) is 19.6 Å². The number of aliphatic hydroxyl groups is 1. The van der Waals surface area contributed by atoms with Crippen molar-refractivity contribution in [2.45, 2.75) is 51.2 Å². The van der Waals surface area contributed by atoms with Gasteiger partial charge in [0.15, 0.2) is 0 Å². The molecule has 1 aliphatic heterocycles. The third-order valence-electron chi connectivity index (χ3n) is 5.38. The van der Waals surface area contributed by atoms with Crippen molar-refractivity contribution in [1.29, 1.82) is 0 Å². The highest BCUT2D eigenvalue weighted by atomic mass is 16.6. The molecule has 3 nitrogen and oxygen atoms in total. The summed E-state index contributed by atoms with van der Waals surface area (Å²) in [6.45, 7) is 7.95. The highest BCUT2D eigenvalue weighted by Crippen LogP contribution is 2.57. The molecule has 2 fully saturated rings. The largest absolute Gasteiger partial charge is 0.458 e. The second-order valence-corrected chi connectivity index (χ2v) is 6.33. The molecule has 0 aromatic carbocycles. The van der Waals surface area contributed by atoms with Crippen LogP contribution in [0.2, 0.25) is 0 Å². The van der Waals surface area contributed by atoms with Crippen LogP contribution in [-0.4, -0.2) is 22.8 Å². The normalized spacial score (nSPS) is 47.2. The molecule has 0 bridgehead atoms. The second kappa shape index (κ2) is 3.47. The smallest absolute Gasteiger partial charge is 0.334 e. The average molecular weight is 248 g/mol. The number of ether oxygens (including phenoxy) is 1. The fourth-order valence-corrected chi connectivity index (χ4v) is 4.01. The molecule has 2 aliphatic carbocycles. The highest BCUT2D eigenvalue weighted by Gasteiger charge is 2.59. The fourth-order valence-electron chi connectivity index (χ4n) is 4.01.